The molecule has 2 aromatic rings. The lowest BCUT2D eigenvalue weighted by Gasteiger charge is -2.09. The van der Waals surface area contributed by atoms with Gasteiger partial charge in [-0.15, -0.1) is 11.3 Å². The minimum absolute atomic E-state index is 0.104. The number of alkyl halides is 3. The van der Waals surface area contributed by atoms with Crippen LogP contribution in [0.1, 0.15) is 10.4 Å². The Bertz CT molecular complexity index is 843. The number of nitriles is 1. The van der Waals surface area contributed by atoms with Gasteiger partial charge in [-0.3, -0.25) is 4.57 Å². The van der Waals surface area contributed by atoms with E-state index in [1.807, 2.05) is 6.07 Å². The number of aryl methyl sites for hydroxylation is 1. The van der Waals surface area contributed by atoms with Gasteiger partial charge in [-0.2, -0.15) is 23.4 Å². The highest BCUT2D eigenvalue weighted by Crippen LogP contribution is 2.29. The third-order valence-corrected chi connectivity index (χ3v) is 3.97. The number of carbonyl (C=O) groups excluding carboxylic acids is 1. The molecule has 0 fully saturated rings. The number of amides is 2. The summed E-state index contributed by atoms with van der Waals surface area (Å²) in [6.07, 6.45) is -2.72. The largest absolute Gasteiger partial charge is 0.416 e. The van der Waals surface area contributed by atoms with Crippen LogP contribution < -0.4 is 4.80 Å². The van der Waals surface area contributed by atoms with E-state index in [0.717, 1.165) is 21.9 Å². The highest BCUT2D eigenvalue weighted by atomic mass is 32.1. The first-order chi connectivity index (χ1) is 11.2. The van der Waals surface area contributed by atoms with Gasteiger partial charge in [0.25, 0.3) is 0 Å². The lowest BCUT2D eigenvalue weighted by atomic mass is 10.2. The fraction of sp³-hybridized carbons (Fsp3) is 0.267. The van der Waals surface area contributed by atoms with Gasteiger partial charge in [-0.05, 0) is 31.2 Å². The zero-order chi connectivity index (χ0) is 17.9. The molecule has 0 spiro atoms. The second-order valence-corrected chi connectivity index (χ2v) is 6.16. The molecule has 24 heavy (non-hydrogen) atoms. The maximum Gasteiger partial charge on any atom is 0.416 e. The molecule has 2 rings (SSSR count). The van der Waals surface area contributed by atoms with E-state index in [2.05, 4.69) is 4.99 Å². The number of hydrogen-bond acceptors (Lipinski definition) is 3. The summed E-state index contributed by atoms with van der Waals surface area (Å²) in [5, 5.41) is 8.60. The first kappa shape index (κ1) is 17.7. The maximum atomic E-state index is 12.6. The van der Waals surface area contributed by atoms with Crippen molar-refractivity contribution in [1.29, 1.82) is 5.26 Å². The average Bonchev–Trinajstić information content (AvgIpc) is 2.87. The van der Waals surface area contributed by atoms with Crippen molar-refractivity contribution in [1.82, 2.24) is 9.47 Å². The Balaban J connectivity index is 2.43. The van der Waals surface area contributed by atoms with Crippen molar-refractivity contribution in [3.05, 3.63) is 45.7 Å². The molecule has 126 valence electrons. The smallest absolute Gasteiger partial charge is 0.313 e. The maximum absolute atomic E-state index is 12.6. The summed E-state index contributed by atoms with van der Waals surface area (Å²) in [6.45, 7) is 1.70. The number of benzene rings is 1. The van der Waals surface area contributed by atoms with Crippen molar-refractivity contribution >= 4 is 17.4 Å². The molecule has 2 amide bonds. The molecule has 5 nitrogen and oxygen atoms in total. The van der Waals surface area contributed by atoms with Gasteiger partial charge in [0, 0.05) is 23.8 Å². The predicted molar refractivity (Wildman–Crippen MR) is 82.6 cm³/mol. The van der Waals surface area contributed by atoms with Crippen LogP contribution >= 0.6 is 11.3 Å². The first-order valence-electron chi connectivity index (χ1n) is 6.76. The molecular formula is C15H13F3N4OS. The molecule has 0 N–H and O–H groups in total. The van der Waals surface area contributed by atoms with E-state index in [9.17, 15) is 18.0 Å². The fourth-order valence-electron chi connectivity index (χ4n) is 1.87. The molecule has 0 bridgehead atoms. The van der Waals surface area contributed by atoms with Gasteiger partial charge in [-0.25, -0.2) is 4.79 Å². The summed E-state index contributed by atoms with van der Waals surface area (Å²) in [5.41, 5.74) is -0.288. The molecule has 0 unspecified atom stereocenters. The Kier molecular flexibility index (Phi) is 5.09. The van der Waals surface area contributed by atoms with Crippen LogP contribution in [0.25, 0.3) is 5.69 Å². The van der Waals surface area contributed by atoms with Crippen LogP contribution in [0.5, 0.6) is 0 Å². The lowest BCUT2D eigenvalue weighted by molar-refractivity contribution is -0.137. The Morgan fingerprint density at radius 1 is 1.38 bits per heavy atom. The number of urea groups is 1. The zero-order valence-corrected chi connectivity index (χ0v) is 13.6. The molecule has 0 aliphatic rings. The average molecular weight is 354 g/mol. The topological polar surface area (TPSA) is 61.4 Å². The van der Waals surface area contributed by atoms with Crippen molar-refractivity contribution < 1.29 is 18.0 Å². The summed E-state index contributed by atoms with van der Waals surface area (Å²) in [7, 11) is 1.44. The van der Waals surface area contributed by atoms with Gasteiger partial charge in [0.15, 0.2) is 4.80 Å². The quantitative estimate of drug-likeness (QED) is 0.777. The summed E-state index contributed by atoms with van der Waals surface area (Å²) in [4.78, 5) is 18.2. The molecule has 1 aromatic carbocycles. The van der Waals surface area contributed by atoms with Crippen LogP contribution in [0.4, 0.5) is 18.0 Å². The van der Waals surface area contributed by atoms with Gasteiger partial charge in [0.1, 0.15) is 6.54 Å². The number of hydrogen-bond donors (Lipinski definition) is 0. The Morgan fingerprint density at radius 3 is 2.54 bits per heavy atom. The SMILES string of the molecule is Cc1cn(-c2ccc(C(F)(F)F)cc2)c(=NC(=O)N(C)CC#N)s1. The predicted octanol–water partition coefficient (Wildman–Crippen LogP) is 3.34. The molecule has 0 saturated heterocycles. The molecule has 0 aliphatic carbocycles. The number of nitrogens with zero attached hydrogens (tertiary/aromatic N) is 4. The number of thiazole rings is 1. The van der Waals surface area contributed by atoms with Crippen molar-refractivity contribution in [3.8, 4) is 11.8 Å². The second-order valence-electron chi connectivity index (χ2n) is 4.95. The van der Waals surface area contributed by atoms with Crippen molar-refractivity contribution in [2.75, 3.05) is 13.6 Å². The number of halogens is 3. The van der Waals surface area contributed by atoms with Crippen LogP contribution in [0.15, 0.2) is 35.5 Å². The van der Waals surface area contributed by atoms with Gasteiger partial charge < -0.3 is 4.90 Å². The van der Waals surface area contributed by atoms with E-state index in [4.69, 9.17) is 5.26 Å². The minimum atomic E-state index is -4.41. The Morgan fingerprint density at radius 2 is 2.00 bits per heavy atom. The highest BCUT2D eigenvalue weighted by molar-refractivity contribution is 7.09. The van der Waals surface area contributed by atoms with E-state index in [0.29, 0.717) is 10.5 Å². The van der Waals surface area contributed by atoms with E-state index in [-0.39, 0.29) is 6.54 Å². The van der Waals surface area contributed by atoms with Crippen LogP contribution in [0.2, 0.25) is 0 Å². The Labute approximate surface area is 139 Å². The van der Waals surface area contributed by atoms with Gasteiger partial charge >= 0.3 is 12.2 Å². The fourth-order valence-corrected chi connectivity index (χ4v) is 2.70. The van der Waals surface area contributed by atoms with E-state index in [1.54, 1.807) is 13.1 Å². The summed E-state index contributed by atoms with van der Waals surface area (Å²) in [5.74, 6) is 0. The van der Waals surface area contributed by atoms with E-state index >= 15 is 0 Å². The monoisotopic (exact) mass is 354 g/mol. The number of carbonyl (C=O) groups is 1. The standard InChI is InChI=1S/C15H13F3N4OS/c1-10-9-22(12-5-3-11(4-6-12)15(16,17)18)14(24-10)20-13(23)21(2)8-7-19/h3-6,9H,8H2,1-2H3. The van der Waals surface area contributed by atoms with Crippen LogP contribution in [-0.2, 0) is 6.18 Å². The molecular weight excluding hydrogens is 341 g/mol. The van der Waals surface area contributed by atoms with Gasteiger partial charge in [0.2, 0.25) is 0 Å². The van der Waals surface area contributed by atoms with E-state index < -0.39 is 17.8 Å². The molecule has 1 aromatic heterocycles. The van der Waals surface area contributed by atoms with Crippen molar-refractivity contribution in [2.45, 2.75) is 13.1 Å². The normalized spacial score (nSPS) is 12.1. The van der Waals surface area contributed by atoms with E-state index in [1.165, 1.54) is 35.1 Å². The molecule has 0 radical (unpaired) electrons. The molecule has 0 aliphatic heterocycles. The third-order valence-electron chi connectivity index (χ3n) is 3.07. The van der Waals surface area contributed by atoms with Crippen molar-refractivity contribution in [3.63, 3.8) is 0 Å². The van der Waals surface area contributed by atoms with Crippen molar-refractivity contribution in [2.24, 2.45) is 4.99 Å². The summed E-state index contributed by atoms with van der Waals surface area (Å²) < 4.78 is 39.5. The van der Waals surface area contributed by atoms with Crippen LogP contribution in [-0.4, -0.2) is 29.1 Å². The summed E-state index contributed by atoms with van der Waals surface area (Å²) in [6, 6.07) is 5.83. The van der Waals surface area contributed by atoms with Gasteiger partial charge in [-0.1, -0.05) is 0 Å². The lowest BCUT2D eigenvalue weighted by Crippen LogP contribution is -2.26. The highest BCUT2D eigenvalue weighted by Gasteiger charge is 2.30. The van der Waals surface area contributed by atoms with Gasteiger partial charge in [0.05, 0.1) is 11.6 Å². The molecule has 1 heterocycles. The molecule has 0 saturated carbocycles. The second kappa shape index (κ2) is 6.88. The molecule has 0 atom stereocenters. The number of rotatable bonds is 2. The summed E-state index contributed by atoms with van der Waals surface area (Å²) >= 11 is 1.23. The first-order valence-corrected chi connectivity index (χ1v) is 7.57. The van der Waals surface area contributed by atoms with Crippen LogP contribution in [0, 0.1) is 18.3 Å². The number of aromatic nitrogens is 1. The Hall–Kier alpha value is -2.60. The minimum Gasteiger partial charge on any atom is -0.313 e. The molecule has 9 heteroatoms. The zero-order valence-electron chi connectivity index (χ0n) is 12.8. The third kappa shape index (κ3) is 4.02. The van der Waals surface area contributed by atoms with Crippen LogP contribution in [0.3, 0.4) is 0 Å².